The molecule has 0 spiro atoms. The minimum atomic E-state index is 0.0470. The molecule has 0 saturated carbocycles. The highest BCUT2D eigenvalue weighted by molar-refractivity contribution is 5.76. The summed E-state index contributed by atoms with van der Waals surface area (Å²) in [6.07, 6.45) is 4.23. The van der Waals surface area contributed by atoms with Crippen molar-refractivity contribution >= 4 is 5.91 Å². The molecule has 2 atom stereocenters. The Kier molecular flexibility index (Phi) is 4.74. The predicted molar refractivity (Wildman–Crippen MR) is 77.8 cm³/mol. The molecule has 1 saturated heterocycles. The fraction of sp³-hybridized carbons (Fsp3) is 0.438. The smallest absolute Gasteiger partial charge is 0.222 e. The molecule has 3 heteroatoms. The van der Waals surface area contributed by atoms with Crippen molar-refractivity contribution in [3.63, 3.8) is 0 Å². The summed E-state index contributed by atoms with van der Waals surface area (Å²) in [6, 6.07) is 10.3. The molecule has 19 heavy (non-hydrogen) atoms. The Morgan fingerprint density at radius 1 is 1.37 bits per heavy atom. The van der Waals surface area contributed by atoms with Crippen LogP contribution in [0, 0.1) is 0 Å². The Hall–Kier alpha value is -1.61. The van der Waals surface area contributed by atoms with Crippen LogP contribution in [0.1, 0.15) is 30.7 Å². The van der Waals surface area contributed by atoms with Gasteiger partial charge in [-0.3, -0.25) is 4.79 Å². The van der Waals surface area contributed by atoms with Crippen molar-refractivity contribution in [1.29, 1.82) is 0 Å². The van der Waals surface area contributed by atoms with Gasteiger partial charge in [-0.05, 0) is 18.4 Å². The normalized spacial score (nSPS) is 22.5. The van der Waals surface area contributed by atoms with Crippen LogP contribution in [0.5, 0.6) is 0 Å². The van der Waals surface area contributed by atoms with Crippen molar-refractivity contribution in [2.24, 2.45) is 5.73 Å². The molecular weight excluding hydrogens is 236 g/mol. The minimum Gasteiger partial charge on any atom is -0.340 e. The molecular formula is C16H22N2O. The molecule has 0 aromatic heterocycles. The van der Waals surface area contributed by atoms with E-state index in [2.05, 4.69) is 18.7 Å². The Bertz CT molecular complexity index is 430. The largest absolute Gasteiger partial charge is 0.340 e. The van der Waals surface area contributed by atoms with E-state index in [0.29, 0.717) is 13.0 Å². The first-order valence-electron chi connectivity index (χ1n) is 6.91. The van der Waals surface area contributed by atoms with Crippen molar-refractivity contribution in [3.8, 4) is 0 Å². The fourth-order valence-corrected chi connectivity index (χ4v) is 2.64. The van der Waals surface area contributed by atoms with Crippen LogP contribution in [0.4, 0.5) is 0 Å². The van der Waals surface area contributed by atoms with E-state index in [4.69, 9.17) is 5.73 Å². The van der Waals surface area contributed by atoms with Gasteiger partial charge in [0.25, 0.3) is 0 Å². The van der Waals surface area contributed by atoms with Crippen LogP contribution in [0.2, 0.25) is 0 Å². The summed E-state index contributed by atoms with van der Waals surface area (Å²) in [5.41, 5.74) is 7.42. The summed E-state index contributed by atoms with van der Waals surface area (Å²) < 4.78 is 0. The number of carbonyl (C=O) groups excluding carboxylic acids is 1. The molecule has 1 aliphatic heterocycles. The number of benzene rings is 1. The van der Waals surface area contributed by atoms with Crippen molar-refractivity contribution in [1.82, 2.24) is 4.90 Å². The Morgan fingerprint density at radius 2 is 2.11 bits per heavy atom. The number of nitrogens with zero attached hydrogens (tertiary/aromatic N) is 1. The van der Waals surface area contributed by atoms with E-state index in [1.807, 2.05) is 29.2 Å². The molecule has 0 radical (unpaired) electrons. The van der Waals surface area contributed by atoms with Gasteiger partial charge in [-0.1, -0.05) is 36.4 Å². The maximum Gasteiger partial charge on any atom is 0.222 e. The highest BCUT2D eigenvalue weighted by Crippen LogP contribution is 2.26. The van der Waals surface area contributed by atoms with Crippen LogP contribution in [-0.2, 0) is 4.79 Å². The third-order valence-electron chi connectivity index (χ3n) is 3.74. The van der Waals surface area contributed by atoms with Crippen molar-refractivity contribution in [2.45, 2.75) is 31.2 Å². The monoisotopic (exact) mass is 258 g/mol. The number of hydrogen-bond donors (Lipinski definition) is 1. The first kappa shape index (κ1) is 13.8. The Balaban J connectivity index is 1.93. The lowest BCUT2D eigenvalue weighted by Crippen LogP contribution is -2.32. The fourth-order valence-electron chi connectivity index (χ4n) is 2.64. The van der Waals surface area contributed by atoms with E-state index in [9.17, 15) is 4.79 Å². The van der Waals surface area contributed by atoms with E-state index in [0.717, 1.165) is 19.4 Å². The minimum absolute atomic E-state index is 0.0470. The quantitative estimate of drug-likeness (QED) is 0.650. The Labute approximate surface area is 115 Å². The average molecular weight is 258 g/mol. The van der Waals surface area contributed by atoms with Crippen molar-refractivity contribution < 1.29 is 4.79 Å². The lowest BCUT2D eigenvalue weighted by atomic mass is 9.95. The SMILES string of the molecule is C=CCCCC(=O)N1C[C@@H](N)[C@H](c2ccccc2)C1. The third kappa shape index (κ3) is 3.44. The predicted octanol–water partition coefficient (Wildman–Crippen LogP) is 2.30. The first-order chi connectivity index (χ1) is 9.22. The van der Waals surface area contributed by atoms with Gasteiger partial charge >= 0.3 is 0 Å². The van der Waals surface area contributed by atoms with E-state index in [1.165, 1.54) is 5.56 Å². The maximum absolute atomic E-state index is 12.1. The number of hydrogen-bond acceptors (Lipinski definition) is 2. The molecule has 1 aromatic carbocycles. The van der Waals surface area contributed by atoms with Gasteiger partial charge < -0.3 is 10.6 Å². The summed E-state index contributed by atoms with van der Waals surface area (Å²) in [5, 5.41) is 0. The number of likely N-dealkylation sites (tertiary alicyclic amines) is 1. The van der Waals surface area contributed by atoms with Gasteiger partial charge in [0.1, 0.15) is 0 Å². The lowest BCUT2D eigenvalue weighted by Gasteiger charge is -2.16. The number of carbonyl (C=O) groups is 1. The van der Waals surface area contributed by atoms with Gasteiger partial charge in [0.2, 0.25) is 5.91 Å². The first-order valence-corrected chi connectivity index (χ1v) is 6.91. The number of rotatable bonds is 5. The second kappa shape index (κ2) is 6.53. The van der Waals surface area contributed by atoms with E-state index in [-0.39, 0.29) is 17.9 Å². The van der Waals surface area contributed by atoms with Crippen LogP contribution < -0.4 is 5.73 Å². The van der Waals surface area contributed by atoms with Crippen LogP contribution in [0.15, 0.2) is 43.0 Å². The standard InChI is InChI=1S/C16H22N2O/c1-2-3-5-10-16(19)18-11-14(15(17)12-18)13-8-6-4-7-9-13/h2,4,6-9,14-15H,1,3,5,10-12,17H2/t14-,15+/m0/s1. The molecule has 3 nitrogen and oxygen atoms in total. The van der Waals surface area contributed by atoms with Crippen LogP contribution >= 0.6 is 0 Å². The molecule has 0 aliphatic carbocycles. The van der Waals surface area contributed by atoms with Gasteiger partial charge in [-0.2, -0.15) is 0 Å². The number of nitrogens with two attached hydrogens (primary N) is 1. The van der Waals surface area contributed by atoms with Gasteiger partial charge in [-0.15, -0.1) is 6.58 Å². The number of amides is 1. The van der Waals surface area contributed by atoms with E-state index >= 15 is 0 Å². The number of allylic oxidation sites excluding steroid dienone is 1. The second-order valence-electron chi connectivity index (χ2n) is 5.16. The van der Waals surface area contributed by atoms with Crippen LogP contribution in [0.3, 0.4) is 0 Å². The summed E-state index contributed by atoms with van der Waals surface area (Å²) in [5.74, 6) is 0.486. The van der Waals surface area contributed by atoms with E-state index in [1.54, 1.807) is 0 Å². The molecule has 102 valence electrons. The lowest BCUT2D eigenvalue weighted by molar-refractivity contribution is -0.130. The second-order valence-corrected chi connectivity index (χ2v) is 5.16. The van der Waals surface area contributed by atoms with Gasteiger partial charge in [0.05, 0.1) is 0 Å². The molecule has 2 N–H and O–H groups in total. The highest BCUT2D eigenvalue weighted by atomic mass is 16.2. The summed E-state index contributed by atoms with van der Waals surface area (Å²) in [4.78, 5) is 14.0. The van der Waals surface area contributed by atoms with Gasteiger partial charge in [0, 0.05) is 31.5 Å². The topological polar surface area (TPSA) is 46.3 Å². The summed E-state index contributed by atoms with van der Waals surface area (Å²) in [6.45, 7) is 5.10. The molecule has 1 fully saturated rings. The molecule has 0 unspecified atom stereocenters. The third-order valence-corrected chi connectivity index (χ3v) is 3.74. The maximum atomic E-state index is 12.1. The van der Waals surface area contributed by atoms with Crippen LogP contribution in [0.25, 0.3) is 0 Å². The molecule has 0 bridgehead atoms. The molecule has 1 heterocycles. The van der Waals surface area contributed by atoms with Crippen molar-refractivity contribution in [3.05, 3.63) is 48.6 Å². The molecule has 1 aromatic rings. The average Bonchev–Trinajstić information content (AvgIpc) is 2.82. The van der Waals surface area contributed by atoms with Crippen LogP contribution in [-0.4, -0.2) is 29.9 Å². The zero-order valence-corrected chi connectivity index (χ0v) is 11.3. The summed E-state index contributed by atoms with van der Waals surface area (Å²) in [7, 11) is 0. The molecule has 1 aliphatic rings. The highest BCUT2D eigenvalue weighted by Gasteiger charge is 2.33. The van der Waals surface area contributed by atoms with Crippen molar-refractivity contribution in [2.75, 3.05) is 13.1 Å². The summed E-state index contributed by atoms with van der Waals surface area (Å²) >= 11 is 0. The molecule has 2 rings (SSSR count). The number of unbranched alkanes of at least 4 members (excludes halogenated alkanes) is 1. The zero-order valence-electron chi connectivity index (χ0n) is 11.3. The van der Waals surface area contributed by atoms with E-state index < -0.39 is 0 Å². The Morgan fingerprint density at radius 3 is 2.79 bits per heavy atom. The van der Waals surface area contributed by atoms with Gasteiger partial charge in [0.15, 0.2) is 0 Å². The van der Waals surface area contributed by atoms with Gasteiger partial charge in [-0.25, -0.2) is 0 Å². The molecule has 1 amide bonds. The zero-order chi connectivity index (χ0) is 13.7.